The highest BCUT2D eigenvalue weighted by molar-refractivity contribution is 9.10. The van der Waals surface area contributed by atoms with Crippen LogP contribution in [0.25, 0.3) is 0 Å². The van der Waals surface area contributed by atoms with E-state index >= 15 is 0 Å². The molecule has 0 saturated heterocycles. The zero-order valence-electron chi connectivity index (χ0n) is 22.4. The van der Waals surface area contributed by atoms with Gasteiger partial charge in [-0.1, -0.05) is 66.9 Å². The molecule has 1 aliphatic rings. The predicted molar refractivity (Wildman–Crippen MR) is 155 cm³/mol. The summed E-state index contributed by atoms with van der Waals surface area (Å²) in [5, 5.41) is 12.9. The molecule has 0 radical (unpaired) electrons. The minimum atomic E-state index is -0.0436. The van der Waals surface area contributed by atoms with Crippen LogP contribution in [0.3, 0.4) is 0 Å². The van der Waals surface area contributed by atoms with E-state index in [1.54, 1.807) is 0 Å². The Balaban J connectivity index is 1.50. The van der Waals surface area contributed by atoms with E-state index in [9.17, 15) is 4.79 Å². The lowest BCUT2D eigenvalue weighted by Crippen LogP contribution is -2.19. The van der Waals surface area contributed by atoms with E-state index in [2.05, 4.69) is 75.0 Å². The molecule has 4 rings (SSSR count). The van der Waals surface area contributed by atoms with E-state index in [4.69, 9.17) is 4.74 Å². The van der Waals surface area contributed by atoms with Crippen LogP contribution in [0.2, 0.25) is 0 Å². The molecule has 6 nitrogen and oxygen atoms in total. The second-order valence-electron chi connectivity index (χ2n) is 10.4. The first-order chi connectivity index (χ1) is 17.7. The van der Waals surface area contributed by atoms with Crippen molar-refractivity contribution in [2.45, 2.75) is 90.4 Å². The van der Waals surface area contributed by atoms with Crippen LogP contribution in [0, 0.1) is 20.8 Å². The first-order valence-corrected chi connectivity index (χ1v) is 14.9. The van der Waals surface area contributed by atoms with Gasteiger partial charge in [0.05, 0.1) is 5.75 Å². The fourth-order valence-electron chi connectivity index (χ4n) is 4.97. The van der Waals surface area contributed by atoms with Gasteiger partial charge in [-0.15, -0.1) is 10.2 Å². The quantitative estimate of drug-likeness (QED) is 0.259. The smallest absolute Gasteiger partial charge is 0.234 e. The normalized spacial score (nSPS) is 14.2. The Morgan fingerprint density at radius 2 is 1.78 bits per heavy atom. The van der Waals surface area contributed by atoms with Gasteiger partial charge in [0, 0.05) is 16.2 Å². The van der Waals surface area contributed by atoms with Crippen molar-refractivity contribution in [1.82, 2.24) is 14.8 Å². The van der Waals surface area contributed by atoms with Crippen LogP contribution in [0.4, 0.5) is 5.69 Å². The number of aryl methyl sites for hydroxylation is 3. The van der Waals surface area contributed by atoms with E-state index in [1.807, 2.05) is 26.0 Å². The summed E-state index contributed by atoms with van der Waals surface area (Å²) in [5.41, 5.74) is 5.40. The molecule has 1 amide bonds. The number of ether oxygens (including phenoxy) is 1. The summed E-state index contributed by atoms with van der Waals surface area (Å²) in [6.07, 6.45) is 5.86. The number of hydrogen-bond acceptors (Lipinski definition) is 5. The molecule has 0 bridgehead atoms. The first-order valence-electron chi connectivity index (χ1n) is 13.1. The van der Waals surface area contributed by atoms with Gasteiger partial charge < -0.3 is 10.1 Å². The lowest BCUT2D eigenvalue weighted by Gasteiger charge is -2.25. The topological polar surface area (TPSA) is 69.0 Å². The third-order valence-corrected chi connectivity index (χ3v) is 8.58. The van der Waals surface area contributed by atoms with E-state index in [1.165, 1.54) is 36.6 Å². The molecule has 3 aromatic rings. The Morgan fingerprint density at radius 3 is 2.46 bits per heavy atom. The number of nitrogens with zero attached hydrogens (tertiary/aromatic N) is 3. The Hall–Kier alpha value is -2.32. The van der Waals surface area contributed by atoms with Crippen molar-refractivity contribution in [3.63, 3.8) is 0 Å². The summed E-state index contributed by atoms with van der Waals surface area (Å²) in [5.74, 6) is 2.28. The molecule has 8 heteroatoms. The van der Waals surface area contributed by atoms with E-state index < -0.39 is 0 Å². The molecule has 37 heavy (non-hydrogen) atoms. The zero-order valence-corrected chi connectivity index (χ0v) is 24.8. The van der Waals surface area contributed by atoms with Gasteiger partial charge in [0.25, 0.3) is 0 Å². The van der Waals surface area contributed by atoms with Crippen molar-refractivity contribution in [2.75, 3.05) is 11.1 Å². The van der Waals surface area contributed by atoms with Crippen LogP contribution >= 0.6 is 27.7 Å². The largest absolute Gasteiger partial charge is 0.485 e. The lowest BCUT2D eigenvalue weighted by atomic mass is 9.95. The number of hydrogen-bond donors (Lipinski definition) is 1. The highest BCUT2D eigenvalue weighted by atomic mass is 79.9. The summed E-state index contributed by atoms with van der Waals surface area (Å²) in [7, 11) is 0. The Morgan fingerprint density at radius 1 is 1.08 bits per heavy atom. The highest BCUT2D eigenvalue weighted by Gasteiger charge is 2.24. The van der Waals surface area contributed by atoms with Gasteiger partial charge in [-0.05, 0) is 86.1 Å². The van der Waals surface area contributed by atoms with Crippen LogP contribution in [-0.4, -0.2) is 26.4 Å². The molecule has 1 heterocycles. The number of aromatic nitrogens is 3. The molecule has 1 saturated carbocycles. The average molecular weight is 586 g/mol. The third-order valence-electron chi connectivity index (χ3n) is 6.78. The second kappa shape index (κ2) is 12.5. The maximum atomic E-state index is 12.8. The molecule has 1 aromatic heterocycles. The van der Waals surface area contributed by atoms with Crippen molar-refractivity contribution in [3.05, 3.63) is 62.9 Å². The third kappa shape index (κ3) is 7.17. The fourth-order valence-corrected chi connectivity index (χ4v) is 6.16. The Bertz CT molecular complexity index is 1230. The zero-order chi connectivity index (χ0) is 26.5. The number of amides is 1. The Labute approximate surface area is 233 Å². The summed E-state index contributed by atoms with van der Waals surface area (Å²) in [6.45, 7) is 10.8. The predicted octanol–water partition coefficient (Wildman–Crippen LogP) is 7.90. The molecule has 1 fully saturated rings. The number of anilines is 1. The van der Waals surface area contributed by atoms with Crippen LogP contribution in [0.1, 0.15) is 86.0 Å². The van der Waals surface area contributed by atoms with Gasteiger partial charge in [-0.3, -0.25) is 9.36 Å². The number of halogens is 1. The standard InChI is InChI=1S/C29H37BrN4O2S/c1-18(2)24-15-25(30)21(5)14-26(24)36-16-27-32-33-29(34(27)23-9-7-6-8-10-23)37-17-28(35)31-22-12-19(3)11-20(4)13-22/h11-15,18,23H,6-10,16-17H2,1-5H3,(H,31,35). The van der Waals surface area contributed by atoms with Crippen molar-refractivity contribution < 1.29 is 9.53 Å². The monoisotopic (exact) mass is 584 g/mol. The highest BCUT2D eigenvalue weighted by Crippen LogP contribution is 2.35. The van der Waals surface area contributed by atoms with E-state index in [0.29, 0.717) is 18.6 Å². The molecule has 1 N–H and O–H groups in total. The summed E-state index contributed by atoms with van der Waals surface area (Å²) >= 11 is 5.10. The minimum absolute atomic E-state index is 0.0436. The molecule has 0 atom stereocenters. The van der Waals surface area contributed by atoms with Crippen LogP contribution < -0.4 is 10.1 Å². The van der Waals surface area contributed by atoms with Crippen molar-refractivity contribution in [3.8, 4) is 5.75 Å². The van der Waals surface area contributed by atoms with Gasteiger partial charge in [0.1, 0.15) is 12.4 Å². The number of nitrogens with one attached hydrogen (secondary N) is 1. The van der Waals surface area contributed by atoms with Crippen LogP contribution in [0.5, 0.6) is 5.75 Å². The van der Waals surface area contributed by atoms with Crippen LogP contribution in [-0.2, 0) is 11.4 Å². The van der Waals surface area contributed by atoms with Gasteiger partial charge >= 0.3 is 0 Å². The van der Waals surface area contributed by atoms with Gasteiger partial charge in [0.2, 0.25) is 5.91 Å². The molecular formula is C29H37BrN4O2S. The Kier molecular flexibility index (Phi) is 9.35. The lowest BCUT2D eigenvalue weighted by molar-refractivity contribution is -0.113. The summed E-state index contributed by atoms with van der Waals surface area (Å²) < 4.78 is 9.68. The minimum Gasteiger partial charge on any atom is -0.485 e. The number of carbonyl (C=O) groups is 1. The second-order valence-corrected chi connectivity index (χ2v) is 12.2. The number of thioether (sulfide) groups is 1. The SMILES string of the molecule is Cc1cc(C)cc(NC(=O)CSc2nnc(COc3cc(C)c(Br)cc3C(C)C)n2C2CCCCC2)c1. The van der Waals surface area contributed by atoms with Gasteiger partial charge in [-0.25, -0.2) is 0 Å². The number of carbonyl (C=O) groups excluding carboxylic acids is 1. The maximum Gasteiger partial charge on any atom is 0.234 e. The number of benzene rings is 2. The molecule has 2 aromatic carbocycles. The molecule has 198 valence electrons. The van der Waals surface area contributed by atoms with Crippen molar-refractivity contribution in [2.24, 2.45) is 0 Å². The van der Waals surface area contributed by atoms with Gasteiger partial charge in [-0.2, -0.15) is 0 Å². The molecule has 1 aliphatic carbocycles. The molecule has 0 spiro atoms. The van der Waals surface area contributed by atoms with E-state index in [-0.39, 0.29) is 11.7 Å². The van der Waals surface area contributed by atoms with Crippen LogP contribution in [0.15, 0.2) is 40.0 Å². The molecule has 0 aliphatic heterocycles. The fraction of sp³-hybridized carbons (Fsp3) is 0.483. The molecular weight excluding hydrogens is 548 g/mol. The summed E-state index contributed by atoms with van der Waals surface area (Å²) in [4.78, 5) is 12.8. The van der Waals surface area contributed by atoms with Crippen molar-refractivity contribution in [1.29, 1.82) is 0 Å². The van der Waals surface area contributed by atoms with E-state index in [0.717, 1.165) is 56.4 Å². The first kappa shape index (κ1) is 27.7. The number of rotatable bonds is 9. The maximum absolute atomic E-state index is 12.8. The van der Waals surface area contributed by atoms with Crippen molar-refractivity contribution >= 4 is 39.3 Å². The summed E-state index contributed by atoms with van der Waals surface area (Å²) in [6, 6.07) is 10.7. The van der Waals surface area contributed by atoms with Gasteiger partial charge in [0.15, 0.2) is 11.0 Å². The average Bonchev–Trinajstić information content (AvgIpc) is 3.25. The molecule has 0 unspecified atom stereocenters.